The second-order valence-electron chi connectivity index (χ2n) is 3.97. The maximum absolute atomic E-state index is 12.0. The van der Waals surface area contributed by atoms with Gasteiger partial charge in [-0.15, -0.1) is 0 Å². The van der Waals surface area contributed by atoms with Crippen LogP contribution in [0.1, 0.15) is 27.1 Å². The van der Waals surface area contributed by atoms with E-state index in [2.05, 4.69) is 10.5 Å². The molecule has 0 atom stereocenters. The Balaban J connectivity index is 2.06. The van der Waals surface area contributed by atoms with E-state index in [9.17, 15) is 14.4 Å². The molecule has 0 spiro atoms. The van der Waals surface area contributed by atoms with Crippen molar-refractivity contribution >= 4 is 24.1 Å². The van der Waals surface area contributed by atoms with Crippen molar-refractivity contribution in [3.05, 3.63) is 35.4 Å². The predicted molar refractivity (Wildman–Crippen MR) is 65.8 cm³/mol. The van der Waals surface area contributed by atoms with E-state index in [1.165, 1.54) is 0 Å². The fourth-order valence-electron chi connectivity index (χ4n) is 1.86. The van der Waals surface area contributed by atoms with E-state index < -0.39 is 0 Å². The predicted octanol–water partition coefficient (Wildman–Crippen LogP) is -2.23. The van der Waals surface area contributed by atoms with Gasteiger partial charge >= 0.3 is 0 Å². The van der Waals surface area contributed by atoms with Crippen molar-refractivity contribution in [1.82, 2.24) is 10.3 Å². The van der Waals surface area contributed by atoms with Gasteiger partial charge in [0.1, 0.15) is 0 Å². The number of carbonyl (C=O) groups is 3. The lowest BCUT2D eigenvalue weighted by Gasteiger charge is -2.11. The van der Waals surface area contributed by atoms with Crippen LogP contribution >= 0.6 is 0 Å². The third kappa shape index (κ3) is 2.44. The Morgan fingerprint density at radius 2 is 1.84 bits per heavy atom. The molecular weight excluding hydrogens is 248 g/mol. The lowest BCUT2D eigenvalue weighted by molar-refractivity contribution is -0.510. The van der Waals surface area contributed by atoms with E-state index in [1.807, 2.05) is 0 Å². The molecular formula is C12H13N4O3+. The van der Waals surface area contributed by atoms with Gasteiger partial charge in [0.05, 0.1) is 17.5 Å². The number of amidine groups is 1. The van der Waals surface area contributed by atoms with Crippen molar-refractivity contribution in [2.75, 3.05) is 6.54 Å². The maximum Gasteiger partial charge on any atom is 0.265 e. The van der Waals surface area contributed by atoms with Crippen LogP contribution in [0, 0.1) is 0 Å². The topological polar surface area (TPSA) is 106 Å². The molecule has 0 aliphatic carbocycles. The van der Waals surface area contributed by atoms with Crippen molar-refractivity contribution in [3.8, 4) is 0 Å². The Kier molecular flexibility index (Phi) is 3.56. The highest BCUT2D eigenvalue weighted by Gasteiger charge is 2.34. The minimum Gasteiger partial charge on any atom is -0.289 e. The Hall–Kier alpha value is -2.70. The Bertz CT molecular complexity index is 533. The number of hydrazine groups is 1. The SMILES string of the molecule is NC(CCN1C(=O)c2ccccc2C1=O)=[NH+]NC=O. The first-order chi connectivity index (χ1) is 9.15. The van der Waals surface area contributed by atoms with Crippen LogP contribution < -0.4 is 16.3 Å². The highest BCUT2D eigenvalue weighted by atomic mass is 16.2. The van der Waals surface area contributed by atoms with Crippen molar-refractivity contribution < 1.29 is 19.5 Å². The van der Waals surface area contributed by atoms with Gasteiger partial charge in [0.25, 0.3) is 17.6 Å². The zero-order valence-electron chi connectivity index (χ0n) is 10.1. The van der Waals surface area contributed by atoms with E-state index >= 15 is 0 Å². The normalized spacial score (nSPS) is 14.5. The Morgan fingerprint density at radius 3 is 2.37 bits per heavy atom. The number of hydrazone groups is 1. The van der Waals surface area contributed by atoms with Gasteiger partial charge < -0.3 is 0 Å². The summed E-state index contributed by atoms with van der Waals surface area (Å²) in [7, 11) is 0. The van der Waals surface area contributed by atoms with E-state index in [0.29, 0.717) is 17.5 Å². The fourth-order valence-corrected chi connectivity index (χ4v) is 1.86. The second kappa shape index (κ2) is 5.30. The molecule has 1 heterocycles. The molecule has 0 unspecified atom stereocenters. The first kappa shape index (κ1) is 12.7. The summed E-state index contributed by atoms with van der Waals surface area (Å²) in [6.07, 6.45) is 0.696. The van der Waals surface area contributed by atoms with Gasteiger partial charge in [-0.1, -0.05) is 12.1 Å². The number of rotatable bonds is 5. The zero-order chi connectivity index (χ0) is 13.8. The standard InChI is InChI=1S/C12H12N4O3/c13-10(15-14-7-17)5-6-16-11(18)8-3-1-2-4-9(8)12(16)19/h1-4,7H,5-6H2,(H2,13,15)(H,14,17)/p+1. The highest BCUT2D eigenvalue weighted by Crippen LogP contribution is 2.22. The van der Waals surface area contributed by atoms with Crippen LogP contribution in [0.4, 0.5) is 0 Å². The third-order valence-corrected chi connectivity index (χ3v) is 2.77. The molecule has 0 radical (unpaired) electrons. The molecule has 2 rings (SSSR count). The van der Waals surface area contributed by atoms with Gasteiger partial charge in [-0.3, -0.25) is 25.0 Å². The van der Waals surface area contributed by atoms with Gasteiger partial charge in [-0.05, 0) is 12.1 Å². The van der Waals surface area contributed by atoms with E-state index in [0.717, 1.165) is 4.90 Å². The molecule has 4 N–H and O–H groups in total. The van der Waals surface area contributed by atoms with Gasteiger partial charge in [-0.2, -0.15) is 10.5 Å². The number of nitrogens with zero attached hydrogens (tertiary/aromatic N) is 1. The van der Waals surface area contributed by atoms with Crippen molar-refractivity contribution in [1.29, 1.82) is 0 Å². The first-order valence-electron chi connectivity index (χ1n) is 5.67. The minimum atomic E-state index is -0.322. The fraction of sp³-hybridized carbons (Fsp3) is 0.167. The lowest BCUT2D eigenvalue weighted by Crippen LogP contribution is -2.84. The highest BCUT2D eigenvalue weighted by molar-refractivity contribution is 6.21. The molecule has 0 aromatic heterocycles. The van der Waals surface area contributed by atoms with Gasteiger partial charge in [0.2, 0.25) is 6.41 Å². The van der Waals surface area contributed by atoms with Gasteiger partial charge in [0.15, 0.2) is 0 Å². The first-order valence-corrected chi connectivity index (χ1v) is 5.67. The van der Waals surface area contributed by atoms with Crippen molar-refractivity contribution in [3.63, 3.8) is 0 Å². The Labute approximate surface area is 109 Å². The van der Waals surface area contributed by atoms with Crippen LogP contribution in [-0.2, 0) is 4.79 Å². The van der Waals surface area contributed by atoms with Crippen LogP contribution in [0.5, 0.6) is 0 Å². The van der Waals surface area contributed by atoms with Crippen molar-refractivity contribution in [2.45, 2.75) is 6.42 Å². The molecule has 1 aliphatic heterocycles. The number of nitrogens with two attached hydrogens (primary N) is 1. The van der Waals surface area contributed by atoms with Crippen LogP contribution in [-0.4, -0.2) is 35.5 Å². The molecule has 1 aromatic rings. The summed E-state index contributed by atoms with van der Waals surface area (Å²) < 4.78 is 0. The zero-order valence-corrected chi connectivity index (χ0v) is 10.1. The number of benzene rings is 1. The molecule has 19 heavy (non-hydrogen) atoms. The van der Waals surface area contributed by atoms with Crippen LogP contribution in [0.15, 0.2) is 24.3 Å². The number of nitrogens with one attached hydrogen (secondary N) is 2. The quantitative estimate of drug-likeness (QED) is 0.183. The molecule has 0 saturated heterocycles. The number of fused-ring (bicyclic) bond motifs is 1. The summed E-state index contributed by atoms with van der Waals surface area (Å²) in [5.74, 6) is -0.378. The number of hydrogen-bond acceptors (Lipinski definition) is 3. The summed E-state index contributed by atoms with van der Waals surface area (Å²) in [5, 5.41) is 2.43. The summed E-state index contributed by atoms with van der Waals surface area (Å²) in [6.45, 7) is 0.158. The largest absolute Gasteiger partial charge is 0.289 e. The maximum atomic E-state index is 12.0. The summed E-state index contributed by atoms with van der Waals surface area (Å²) >= 11 is 0. The molecule has 0 saturated carbocycles. The second-order valence-corrected chi connectivity index (χ2v) is 3.97. The molecule has 98 valence electrons. The number of carbonyl (C=O) groups excluding carboxylic acids is 3. The van der Waals surface area contributed by atoms with Gasteiger partial charge in [0, 0.05) is 6.54 Å². The van der Waals surface area contributed by atoms with E-state index in [4.69, 9.17) is 5.73 Å². The molecule has 0 bridgehead atoms. The van der Waals surface area contributed by atoms with Crippen LogP contribution in [0.2, 0.25) is 0 Å². The van der Waals surface area contributed by atoms with Gasteiger partial charge in [-0.25, -0.2) is 0 Å². The third-order valence-electron chi connectivity index (χ3n) is 2.77. The Morgan fingerprint density at radius 1 is 1.26 bits per heavy atom. The molecule has 1 aromatic carbocycles. The van der Waals surface area contributed by atoms with Crippen LogP contribution in [0.25, 0.3) is 0 Å². The summed E-state index contributed by atoms with van der Waals surface area (Å²) in [5.41, 5.74) is 8.57. The smallest absolute Gasteiger partial charge is 0.265 e. The number of imide groups is 1. The van der Waals surface area contributed by atoms with E-state index in [-0.39, 0.29) is 30.6 Å². The number of hydrogen-bond donors (Lipinski definition) is 3. The average Bonchev–Trinajstić information content (AvgIpc) is 2.67. The molecule has 3 amide bonds. The monoisotopic (exact) mass is 261 g/mol. The van der Waals surface area contributed by atoms with Crippen molar-refractivity contribution in [2.24, 2.45) is 5.73 Å². The molecule has 7 heteroatoms. The molecule has 1 aliphatic rings. The summed E-state index contributed by atoms with van der Waals surface area (Å²) in [6, 6.07) is 6.66. The molecule has 7 nitrogen and oxygen atoms in total. The summed E-state index contributed by atoms with van der Waals surface area (Å²) in [4.78, 5) is 35.2. The van der Waals surface area contributed by atoms with E-state index in [1.54, 1.807) is 24.3 Å². The minimum absolute atomic E-state index is 0.158. The molecule has 0 fully saturated rings. The van der Waals surface area contributed by atoms with Crippen LogP contribution in [0.3, 0.4) is 0 Å². The number of amides is 3. The lowest BCUT2D eigenvalue weighted by atomic mass is 10.1. The average molecular weight is 261 g/mol.